The zero-order chi connectivity index (χ0) is 48.7. The van der Waals surface area contributed by atoms with Crippen molar-refractivity contribution in [1.82, 2.24) is 5.32 Å². The second-order valence-corrected chi connectivity index (χ2v) is 19.7. The number of aliphatic carboxylic acids is 1. The molecule has 0 aromatic rings. The smallest absolute Gasteiger partial charge is 0.545 e. The van der Waals surface area contributed by atoms with Gasteiger partial charge in [-0.1, -0.05) is 143 Å². The number of aliphatic hydroxyl groups is 1. The van der Waals surface area contributed by atoms with Gasteiger partial charge in [0.15, 0.2) is 0 Å². The fourth-order valence-electron chi connectivity index (χ4n) is 10.6. The molecule has 6 aliphatic rings. The first-order valence-corrected chi connectivity index (χ1v) is 26.4. The SMILES string of the molecule is CCCCCCCCCCCCOC(=O)CC[C@@H]1C2=C3C4=NC(=C(C)C4=C(O)[C@@H]3C(=O)OCCCCCCCCCCCC)C=C3N=C(C=C4N=C(C=C(N2)[C@H]1C)C(C)=C4C(=O)[O-])C(C)=C3CC.[Na+]. The van der Waals surface area contributed by atoms with E-state index in [1.54, 1.807) is 13.0 Å². The molecule has 0 saturated carbocycles. The maximum Gasteiger partial charge on any atom is 1.00 e. The molecular formula is C57H79N4NaO7. The molecule has 1 saturated heterocycles. The number of allylic oxidation sites excluding steroid dienone is 10. The molecule has 11 nitrogen and oxygen atoms in total. The molecule has 5 aliphatic heterocycles. The van der Waals surface area contributed by atoms with E-state index in [4.69, 9.17) is 24.5 Å². The van der Waals surface area contributed by atoms with Gasteiger partial charge in [-0.25, -0.2) is 15.0 Å². The summed E-state index contributed by atoms with van der Waals surface area (Å²) >= 11 is 0. The van der Waals surface area contributed by atoms with E-state index >= 15 is 0 Å². The minimum Gasteiger partial charge on any atom is -0.545 e. The van der Waals surface area contributed by atoms with Gasteiger partial charge in [-0.2, -0.15) is 0 Å². The number of hydrogen-bond donors (Lipinski definition) is 2. The zero-order valence-corrected chi connectivity index (χ0v) is 45.4. The quantitative estimate of drug-likeness (QED) is 0.0446. The number of esters is 2. The van der Waals surface area contributed by atoms with Gasteiger partial charge in [0.05, 0.1) is 53.4 Å². The maximum absolute atomic E-state index is 14.4. The zero-order valence-electron chi connectivity index (χ0n) is 43.4. The number of nitrogens with zero attached hydrogens (tertiary/aromatic N) is 3. The van der Waals surface area contributed by atoms with Crippen molar-refractivity contribution in [3.05, 3.63) is 91.5 Å². The number of fused-ring (bicyclic) bond motifs is 5. The number of ether oxygens (including phenoxy) is 2. The molecule has 0 unspecified atom stereocenters. The number of carbonyl (C=O) groups is 3. The monoisotopic (exact) mass is 955 g/mol. The van der Waals surface area contributed by atoms with Crippen LogP contribution in [0.25, 0.3) is 0 Å². The van der Waals surface area contributed by atoms with E-state index in [0.717, 1.165) is 55.4 Å². The van der Waals surface area contributed by atoms with Crippen LogP contribution in [0, 0.1) is 17.8 Å². The fraction of sp³-hybridized carbons (Fsp3) is 0.614. The third kappa shape index (κ3) is 13.9. The van der Waals surface area contributed by atoms with Gasteiger partial charge in [-0.15, -0.1) is 0 Å². The van der Waals surface area contributed by atoms with Gasteiger partial charge in [-0.05, 0) is 87.0 Å². The molecule has 0 aromatic heterocycles. The summed E-state index contributed by atoms with van der Waals surface area (Å²) in [6.45, 7) is 14.8. The minimum atomic E-state index is -1.33. The fourth-order valence-corrected chi connectivity index (χ4v) is 10.6. The van der Waals surface area contributed by atoms with Gasteiger partial charge in [0.2, 0.25) is 0 Å². The molecule has 2 N–H and O–H groups in total. The predicted molar refractivity (Wildman–Crippen MR) is 271 cm³/mol. The van der Waals surface area contributed by atoms with E-state index in [0.29, 0.717) is 76.0 Å². The Balaban J connectivity index is 0.00000888. The number of rotatable bonds is 28. The molecule has 6 rings (SSSR count). The average Bonchev–Trinajstić information content (AvgIpc) is 4.06. The normalized spacial score (nSPS) is 20.5. The Morgan fingerprint density at radius 3 is 1.78 bits per heavy atom. The predicted octanol–water partition coefficient (Wildman–Crippen LogP) is 9.35. The first-order chi connectivity index (χ1) is 32.9. The molecule has 0 amide bonds. The molecular weight excluding hydrogens is 876 g/mol. The van der Waals surface area contributed by atoms with Crippen LogP contribution in [-0.4, -0.2) is 53.4 Å². The molecule has 1 fully saturated rings. The molecule has 3 atom stereocenters. The van der Waals surface area contributed by atoms with E-state index in [2.05, 4.69) is 26.1 Å². The molecule has 370 valence electrons. The maximum atomic E-state index is 14.4. The molecule has 69 heavy (non-hydrogen) atoms. The number of aliphatic imine (C=N–C) groups is 3. The Morgan fingerprint density at radius 2 is 1.22 bits per heavy atom. The van der Waals surface area contributed by atoms with Gasteiger partial charge in [0.1, 0.15) is 11.7 Å². The summed E-state index contributed by atoms with van der Waals surface area (Å²) in [5.41, 5.74) is 8.63. The Hall–Kier alpha value is -4.06. The number of unbranched alkanes of at least 4 members (excludes halogenated alkanes) is 18. The van der Waals surface area contributed by atoms with Crippen molar-refractivity contribution in [1.29, 1.82) is 0 Å². The van der Waals surface area contributed by atoms with Crippen molar-refractivity contribution in [3.63, 3.8) is 0 Å². The molecule has 1 aliphatic carbocycles. The number of nitrogens with one attached hydrogen (secondary N) is 1. The molecule has 0 spiro atoms. The molecule has 5 heterocycles. The van der Waals surface area contributed by atoms with E-state index in [1.807, 2.05) is 32.9 Å². The van der Waals surface area contributed by atoms with Crippen LogP contribution >= 0.6 is 0 Å². The number of aliphatic hydroxyl groups excluding tert-OH is 1. The van der Waals surface area contributed by atoms with Crippen LogP contribution in [0.4, 0.5) is 0 Å². The average molecular weight is 955 g/mol. The van der Waals surface area contributed by atoms with Crippen LogP contribution in [-0.2, 0) is 23.9 Å². The Kier molecular flexibility index (Phi) is 22.3. The van der Waals surface area contributed by atoms with Gasteiger partial charge in [0.25, 0.3) is 0 Å². The van der Waals surface area contributed by atoms with Crippen LogP contribution in [0.15, 0.2) is 106 Å². The van der Waals surface area contributed by atoms with Gasteiger partial charge in [0, 0.05) is 46.4 Å². The third-order valence-corrected chi connectivity index (χ3v) is 14.8. The van der Waals surface area contributed by atoms with Crippen molar-refractivity contribution < 1.29 is 63.6 Å². The Morgan fingerprint density at radius 1 is 0.681 bits per heavy atom. The number of hydrogen-bond acceptors (Lipinski definition) is 11. The second-order valence-electron chi connectivity index (χ2n) is 19.7. The van der Waals surface area contributed by atoms with Crippen LogP contribution in [0.5, 0.6) is 0 Å². The van der Waals surface area contributed by atoms with Crippen LogP contribution in [0.3, 0.4) is 0 Å². The second kappa shape index (κ2) is 27.5. The Labute approximate surface area is 435 Å². The van der Waals surface area contributed by atoms with E-state index in [9.17, 15) is 24.6 Å². The summed E-state index contributed by atoms with van der Waals surface area (Å²) in [5.74, 6) is -3.95. The van der Waals surface area contributed by atoms with Crippen molar-refractivity contribution in [2.75, 3.05) is 13.2 Å². The Bertz CT molecular complexity index is 2280. The summed E-state index contributed by atoms with van der Waals surface area (Å²) in [6.07, 6.45) is 30.2. The first-order valence-electron chi connectivity index (χ1n) is 26.4. The standard InChI is InChI=1S/C57H80N4O7.Na/c1-8-11-13-15-17-19-21-23-25-27-31-67-48(62)30-29-41-37(5)43-33-44-38(6)49(56(64)65)47(59-44)35-42-36(4)40(10-3)46(58-42)34-45-39(7)50-54(61-45)51(53(41)60-43)52(55(50)63)57(66)68-32-28-26-24-22-20-18-16-14-12-9-2;/h33-35,37,41,52,60,63H,8-32H2,1-7H3,(H,64,65);/q;+1/p-1/t37-,41-,52+;/m0./s1. The third-order valence-electron chi connectivity index (χ3n) is 14.8. The largest absolute Gasteiger partial charge is 1.00 e. The van der Waals surface area contributed by atoms with Crippen LogP contribution in [0.2, 0.25) is 0 Å². The van der Waals surface area contributed by atoms with Gasteiger partial charge < -0.3 is 29.8 Å². The van der Waals surface area contributed by atoms with E-state index in [1.165, 1.54) is 89.9 Å². The number of carboxylic acid groups (broad SMARTS) is 1. The number of carbonyl (C=O) groups excluding carboxylic acids is 3. The van der Waals surface area contributed by atoms with Crippen LogP contribution < -0.4 is 40.0 Å². The molecule has 0 radical (unpaired) electrons. The van der Waals surface area contributed by atoms with Crippen molar-refractivity contribution in [3.8, 4) is 0 Å². The van der Waals surface area contributed by atoms with E-state index in [-0.39, 0.29) is 77.4 Å². The molecule has 0 aromatic carbocycles. The molecule has 8 bridgehead atoms. The summed E-state index contributed by atoms with van der Waals surface area (Å²) in [4.78, 5) is 55.6. The topological polar surface area (TPSA) is 162 Å². The minimum absolute atomic E-state index is 0. The summed E-state index contributed by atoms with van der Waals surface area (Å²) in [6, 6.07) is 0. The summed E-state index contributed by atoms with van der Waals surface area (Å²) < 4.78 is 11.8. The van der Waals surface area contributed by atoms with Crippen molar-refractivity contribution >= 4 is 35.0 Å². The van der Waals surface area contributed by atoms with Gasteiger partial charge in [-0.3, -0.25) is 9.59 Å². The van der Waals surface area contributed by atoms with Gasteiger partial charge >= 0.3 is 41.5 Å². The first kappa shape index (κ1) is 55.9. The van der Waals surface area contributed by atoms with Crippen molar-refractivity contribution in [2.45, 2.75) is 196 Å². The molecule has 12 heteroatoms. The van der Waals surface area contributed by atoms with E-state index < -0.39 is 17.9 Å². The number of carboxylic acids is 1. The summed E-state index contributed by atoms with van der Waals surface area (Å²) in [7, 11) is 0. The van der Waals surface area contributed by atoms with Crippen molar-refractivity contribution in [2.24, 2.45) is 32.7 Å². The summed E-state index contributed by atoms with van der Waals surface area (Å²) in [5, 5.41) is 28.6. The van der Waals surface area contributed by atoms with Crippen LogP contribution in [0.1, 0.15) is 196 Å².